The average Bonchev–Trinajstić information content (AvgIpc) is 2.53. The first-order valence-electron chi connectivity index (χ1n) is 7.44. The lowest BCUT2D eigenvalue weighted by Gasteiger charge is -2.19. The summed E-state index contributed by atoms with van der Waals surface area (Å²) >= 11 is 0. The molecule has 0 bridgehead atoms. The summed E-state index contributed by atoms with van der Waals surface area (Å²) in [6.45, 7) is 6.49. The van der Waals surface area contributed by atoms with Crippen molar-refractivity contribution < 1.29 is 9.53 Å². The number of hydrogen-bond acceptors (Lipinski definition) is 2. The van der Waals surface area contributed by atoms with Gasteiger partial charge in [-0.05, 0) is 24.0 Å². The Balaban J connectivity index is 2.20. The molecule has 2 heteroatoms. The average molecular weight is 282 g/mol. The number of carbonyl (C=O) groups is 1. The van der Waals surface area contributed by atoms with E-state index in [-0.39, 0.29) is 17.8 Å². The minimum atomic E-state index is -0.363. The van der Waals surface area contributed by atoms with Crippen molar-refractivity contribution in [1.82, 2.24) is 0 Å². The first-order valence-corrected chi connectivity index (χ1v) is 7.44. The minimum absolute atomic E-state index is 0.0615. The number of ether oxygens (including phenoxy) is 1. The molecule has 2 aromatic carbocycles. The summed E-state index contributed by atoms with van der Waals surface area (Å²) in [7, 11) is 0. The van der Waals surface area contributed by atoms with Crippen LogP contribution >= 0.6 is 0 Å². The third-order valence-electron chi connectivity index (χ3n) is 3.49. The molecule has 2 aromatic rings. The summed E-state index contributed by atoms with van der Waals surface area (Å²) in [5.74, 6) is 0.234. The van der Waals surface area contributed by atoms with Crippen LogP contribution in [0.25, 0.3) is 11.1 Å². The van der Waals surface area contributed by atoms with Crippen molar-refractivity contribution in [2.45, 2.75) is 26.9 Å². The van der Waals surface area contributed by atoms with Crippen LogP contribution in [0, 0.1) is 5.92 Å². The molecule has 21 heavy (non-hydrogen) atoms. The van der Waals surface area contributed by atoms with Crippen molar-refractivity contribution in [2.75, 3.05) is 6.61 Å². The van der Waals surface area contributed by atoms with Gasteiger partial charge >= 0.3 is 0 Å². The normalized spacial score (nSPS) is 12.4. The van der Waals surface area contributed by atoms with Crippen LogP contribution in [-0.4, -0.2) is 18.5 Å². The summed E-state index contributed by atoms with van der Waals surface area (Å²) in [5.41, 5.74) is 2.98. The molecule has 0 amide bonds. The van der Waals surface area contributed by atoms with Crippen LogP contribution in [0.4, 0.5) is 0 Å². The highest BCUT2D eigenvalue weighted by molar-refractivity contribution is 6.00. The third-order valence-corrected chi connectivity index (χ3v) is 3.49. The number of hydrogen-bond donors (Lipinski definition) is 0. The Morgan fingerprint density at radius 1 is 0.952 bits per heavy atom. The quantitative estimate of drug-likeness (QED) is 0.724. The van der Waals surface area contributed by atoms with Gasteiger partial charge in [0.2, 0.25) is 0 Å². The molecular formula is C19H22O2. The molecule has 0 fully saturated rings. The van der Waals surface area contributed by atoms with E-state index in [1.54, 1.807) is 0 Å². The third kappa shape index (κ3) is 3.79. The van der Waals surface area contributed by atoms with E-state index in [0.717, 1.165) is 11.1 Å². The van der Waals surface area contributed by atoms with E-state index in [9.17, 15) is 4.79 Å². The fourth-order valence-corrected chi connectivity index (χ4v) is 2.37. The first kappa shape index (κ1) is 15.5. The smallest absolute Gasteiger partial charge is 0.191 e. The molecule has 110 valence electrons. The van der Waals surface area contributed by atoms with E-state index in [1.165, 1.54) is 0 Å². The number of carbonyl (C=O) groups excluding carboxylic acids is 1. The molecular weight excluding hydrogens is 260 g/mol. The van der Waals surface area contributed by atoms with Gasteiger partial charge in [-0.2, -0.15) is 0 Å². The zero-order valence-corrected chi connectivity index (χ0v) is 12.9. The maximum atomic E-state index is 12.5. The summed E-state index contributed by atoms with van der Waals surface area (Å²) < 4.78 is 5.58. The first-order chi connectivity index (χ1) is 10.1. The van der Waals surface area contributed by atoms with Crippen LogP contribution in [0.2, 0.25) is 0 Å². The second kappa shape index (κ2) is 7.19. The molecule has 2 rings (SSSR count). The molecule has 0 radical (unpaired) electrons. The Bertz CT molecular complexity index is 570. The van der Waals surface area contributed by atoms with Gasteiger partial charge in [0.1, 0.15) is 6.10 Å². The molecule has 1 unspecified atom stereocenters. The van der Waals surface area contributed by atoms with Gasteiger partial charge in [0.15, 0.2) is 5.78 Å². The summed E-state index contributed by atoms with van der Waals surface area (Å²) in [6.07, 6.45) is -0.363. The van der Waals surface area contributed by atoms with Crippen LogP contribution in [-0.2, 0) is 4.74 Å². The zero-order valence-electron chi connectivity index (χ0n) is 12.9. The van der Waals surface area contributed by atoms with E-state index in [0.29, 0.717) is 12.2 Å². The number of ketones is 1. The van der Waals surface area contributed by atoms with Crippen LogP contribution in [0.15, 0.2) is 54.6 Å². The second-order valence-electron chi connectivity index (χ2n) is 5.43. The van der Waals surface area contributed by atoms with Crippen molar-refractivity contribution in [3.63, 3.8) is 0 Å². The Labute approximate surface area is 126 Å². The Morgan fingerprint density at radius 3 is 2.05 bits per heavy atom. The van der Waals surface area contributed by atoms with Gasteiger partial charge in [-0.3, -0.25) is 4.79 Å². The lowest BCUT2D eigenvalue weighted by Crippen LogP contribution is -2.29. The largest absolute Gasteiger partial charge is 0.370 e. The second-order valence-corrected chi connectivity index (χ2v) is 5.43. The minimum Gasteiger partial charge on any atom is -0.370 e. The van der Waals surface area contributed by atoms with E-state index >= 15 is 0 Å². The molecule has 0 spiro atoms. The molecule has 0 aromatic heterocycles. The van der Waals surface area contributed by atoms with Crippen LogP contribution in [0.3, 0.4) is 0 Å². The van der Waals surface area contributed by atoms with Gasteiger partial charge in [0.05, 0.1) is 0 Å². The van der Waals surface area contributed by atoms with Crippen molar-refractivity contribution in [1.29, 1.82) is 0 Å². The molecule has 0 N–H and O–H groups in total. The molecule has 0 aliphatic heterocycles. The number of rotatable bonds is 6. The van der Waals surface area contributed by atoms with E-state index in [4.69, 9.17) is 4.74 Å². The summed E-state index contributed by atoms with van der Waals surface area (Å²) in [5, 5.41) is 0. The van der Waals surface area contributed by atoms with Gasteiger partial charge in [0.25, 0.3) is 0 Å². The lowest BCUT2D eigenvalue weighted by molar-refractivity contribution is 0.0280. The van der Waals surface area contributed by atoms with Gasteiger partial charge < -0.3 is 4.74 Å². The fraction of sp³-hybridized carbons (Fsp3) is 0.316. The number of benzene rings is 2. The van der Waals surface area contributed by atoms with Crippen molar-refractivity contribution >= 4 is 5.78 Å². The monoisotopic (exact) mass is 282 g/mol. The predicted octanol–water partition coefficient (Wildman–Crippen LogP) is 4.60. The van der Waals surface area contributed by atoms with Gasteiger partial charge in [-0.1, -0.05) is 68.4 Å². The SMILES string of the molecule is CCOC(C(=O)c1ccc(-c2ccccc2)cc1)C(C)C. The highest BCUT2D eigenvalue weighted by atomic mass is 16.5. The fourth-order valence-electron chi connectivity index (χ4n) is 2.37. The van der Waals surface area contributed by atoms with Gasteiger partial charge in [-0.15, -0.1) is 0 Å². The molecule has 0 saturated carbocycles. The molecule has 0 aliphatic rings. The predicted molar refractivity (Wildman–Crippen MR) is 86.5 cm³/mol. The molecule has 0 heterocycles. The van der Waals surface area contributed by atoms with Gasteiger partial charge in [-0.25, -0.2) is 0 Å². The number of Topliss-reactive ketones (excluding diaryl/α,β-unsaturated/α-hetero) is 1. The van der Waals surface area contributed by atoms with Crippen LogP contribution in [0.5, 0.6) is 0 Å². The van der Waals surface area contributed by atoms with Crippen molar-refractivity contribution in [3.05, 3.63) is 60.2 Å². The van der Waals surface area contributed by atoms with E-state index < -0.39 is 0 Å². The lowest BCUT2D eigenvalue weighted by atomic mass is 9.96. The van der Waals surface area contributed by atoms with E-state index in [2.05, 4.69) is 12.1 Å². The highest BCUT2D eigenvalue weighted by Gasteiger charge is 2.23. The molecule has 0 aliphatic carbocycles. The van der Waals surface area contributed by atoms with Crippen molar-refractivity contribution in [3.8, 4) is 11.1 Å². The highest BCUT2D eigenvalue weighted by Crippen LogP contribution is 2.21. The van der Waals surface area contributed by atoms with Crippen molar-refractivity contribution in [2.24, 2.45) is 5.92 Å². The molecule has 1 atom stereocenters. The Kier molecular flexibility index (Phi) is 5.29. The van der Waals surface area contributed by atoms with Crippen LogP contribution < -0.4 is 0 Å². The van der Waals surface area contributed by atoms with Gasteiger partial charge in [0, 0.05) is 12.2 Å². The zero-order chi connectivity index (χ0) is 15.2. The van der Waals surface area contributed by atoms with E-state index in [1.807, 2.05) is 63.2 Å². The Hall–Kier alpha value is -1.93. The topological polar surface area (TPSA) is 26.3 Å². The summed E-state index contributed by atoms with van der Waals surface area (Å²) in [6, 6.07) is 17.9. The summed E-state index contributed by atoms with van der Waals surface area (Å²) in [4.78, 5) is 12.5. The van der Waals surface area contributed by atoms with Crippen LogP contribution in [0.1, 0.15) is 31.1 Å². The Morgan fingerprint density at radius 2 is 1.52 bits per heavy atom. The maximum absolute atomic E-state index is 12.5. The standard InChI is InChI=1S/C19H22O2/c1-4-21-19(14(2)3)18(20)17-12-10-16(11-13-17)15-8-6-5-7-9-15/h5-14,19H,4H2,1-3H3. The maximum Gasteiger partial charge on any atom is 0.191 e. The molecule has 2 nitrogen and oxygen atoms in total. The molecule has 0 saturated heterocycles.